The van der Waals surface area contributed by atoms with E-state index in [2.05, 4.69) is 11.2 Å². The van der Waals surface area contributed by atoms with Crippen LogP contribution in [-0.2, 0) is 11.8 Å². The number of aromatic nitrogens is 2. The number of fused-ring (bicyclic) bond motifs is 1. The Bertz CT molecular complexity index is 1040. The van der Waals surface area contributed by atoms with E-state index in [1.807, 2.05) is 36.2 Å². The lowest BCUT2D eigenvalue weighted by Crippen LogP contribution is -2.24. The molecule has 0 radical (unpaired) electrons. The van der Waals surface area contributed by atoms with Crippen molar-refractivity contribution in [3.63, 3.8) is 0 Å². The molecule has 1 amide bonds. The first-order valence-corrected chi connectivity index (χ1v) is 9.63. The van der Waals surface area contributed by atoms with Crippen LogP contribution in [0.15, 0.2) is 35.7 Å². The number of rotatable bonds is 3. The summed E-state index contributed by atoms with van der Waals surface area (Å²) in [5.74, 6) is 1.01. The van der Waals surface area contributed by atoms with E-state index in [1.54, 1.807) is 4.68 Å². The standard InChI is InChI=1S/C21H21N5O2/c1-25-21-18(19(24-25)13-4-5-13)17(15(11-22)20(23)28-21)12-6-8-14(9-7-12)26-10-2-3-16(26)27/h6-9,13,17H,2-5,10,23H2,1H3. The van der Waals surface area contributed by atoms with Gasteiger partial charge in [-0.15, -0.1) is 0 Å². The van der Waals surface area contributed by atoms with Gasteiger partial charge in [-0.1, -0.05) is 12.1 Å². The quantitative estimate of drug-likeness (QED) is 0.889. The fourth-order valence-corrected chi connectivity index (χ4v) is 4.26. The summed E-state index contributed by atoms with van der Waals surface area (Å²) in [6.45, 7) is 0.754. The van der Waals surface area contributed by atoms with Crippen LogP contribution in [0.5, 0.6) is 5.88 Å². The second-order valence-electron chi connectivity index (χ2n) is 7.67. The van der Waals surface area contributed by atoms with Crippen LogP contribution < -0.4 is 15.4 Å². The number of anilines is 1. The number of amides is 1. The predicted molar refractivity (Wildman–Crippen MR) is 103 cm³/mol. The van der Waals surface area contributed by atoms with Crippen LogP contribution in [0.2, 0.25) is 0 Å². The number of hydrogen-bond donors (Lipinski definition) is 1. The van der Waals surface area contributed by atoms with Crippen LogP contribution in [0.25, 0.3) is 0 Å². The summed E-state index contributed by atoms with van der Waals surface area (Å²) in [7, 11) is 1.84. The summed E-state index contributed by atoms with van der Waals surface area (Å²) in [5, 5.41) is 14.5. The Balaban J connectivity index is 1.60. The Labute approximate surface area is 163 Å². The van der Waals surface area contributed by atoms with Crippen molar-refractivity contribution in [2.75, 3.05) is 11.4 Å². The fourth-order valence-electron chi connectivity index (χ4n) is 4.26. The van der Waals surface area contributed by atoms with Crippen molar-refractivity contribution in [1.29, 1.82) is 5.26 Å². The van der Waals surface area contributed by atoms with Crippen LogP contribution >= 0.6 is 0 Å². The second-order valence-corrected chi connectivity index (χ2v) is 7.67. The van der Waals surface area contributed by atoms with E-state index in [0.29, 0.717) is 23.8 Å². The molecule has 1 unspecified atom stereocenters. The summed E-state index contributed by atoms with van der Waals surface area (Å²) < 4.78 is 7.49. The van der Waals surface area contributed by atoms with E-state index < -0.39 is 0 Å². The van der Waals surface area contributed by atoms with Gasteiger partial charge in [-0.05, 0) is 37.0 Å². The van der Waals surface area contributed by atoms with Gasteiger partial charge in [0, 0.05) is 31.6 Å². The number of carbonyl (C=O) groups excluding carboxylic acids is 1. The summed E-state index contributed by atoms with van der Waals surface area (Å²) in [6.07, 6.45) is 3.70. The minimum atomic E-state index is -0.304. The van der Waals surface area contributed by atoms with Crippen molar-refractivity contribution in [3.05, 3.63) is 52.5 Å². The lowest BCUT2D eigenvalue weighted by molar-refractivity contribution is -0.117. The summed E-state index contributed by atoms with van der Waals surface area (Å²) in [6, 6.07) is 10.1. The molecule has 1 atom stereocenters. The van der Waals surface area contributed by atoms with Gasteiger partial charge in [-0.2, -0.15) is 10.4 Å². The molecular weight excluding hydrogens is 354 g/mol. The molecule has 1 saturated heterocycles. The first-order valence-electron chi connectivity index (χ1n) is 9.63. The largest absolute Gasteiger partial charge is 0.422 e. The number of benzene rings is 1. The predicted octanol–water partition coefficient (Wildman–Crippen LogP) is 2.64. The molecule has 2 fully saturated rings. The van der Waals surface area contributed by atoms with E-state index >= 15 is 0 Å². The van der Waals surface area contributed by atoms with Gasteiger partial charge in [-0.3, -0.25) is 4.79 Å². The molecule has 1 aliphatic carbocycles. The number of nitrogens with two attached hydrogens (primary N) is 1. The highest BCUT2D eigenvalue weighted by molar-refractivity contribution is 5.95. The van der Waals surface area contributed by atoms with E-state index in [-0.39, 0.29) is 17.7 Å². The molecule has 1 saturated carbocycles. The fraction of sp³-hybridized carbons (Fsp3) is 0.381. The second kappa shape index (κ2) is 6.13. The SMILES string of the molecule is Cn1nc(C2CC2)c2c1OC(N)=C(C#N)C2c1ccc(N2CCCC2=O)cc1. The van der Waals surface area contributed by atoms with Gasteiger partial charge in [0.1, 0.15) is 11.6 Å². The van der Waals surface area contributed by atoms with Crippen LogP contribution in [-0.4, -0.2) is 22.2 Å². The lowest BCUT2D eigenvalue weighted by Gasteiger charge is -2.25. The first kappa shape index (κ1) is 16.9. The number of nitriles is 1. The average Bonchev–Trinajstić information content (AvgIpc) is 3.38. The molecule has 0 bridgehead atoms. The normalized spacial score (nSPS) is 21.5. The molecule has 7 nitrogen and oxygen atoms in total. The molecule has 2 aromatic rings. The lowest BCUT2D eigenvalue weighted by atomic mass is 9.83. The number of allylic oxidation sites excluding steroid dienone is 1. The van der Waals surface area contributed by atoms with Crippen molar-refractivity contribution in [1.82, 2.24) is 9.78 Å². The highest BCUT2D eigenvalue weighted by Crippen LogP contribution is 2.50. The number of nitrogens with zero attached hydrogens (tertiary/aromatic N) is 4. The summed E-state index contributed by atoms with van der Waals surface area (Å²) in [4.78, 5) is 13.8. The average molecular weight is 375 g/mol. The van der Waals surface area contributed by atoms with Crippen molar-refractivity contribution in [3.8, 4) is 11.9 Å². The van der Waals surface area contributed by atoms with Gasteiger partial charge in [0.15, 0.2) is 0 Å². The van der Waals surface area contributed by atoms with Crippen molar-refractivity contribution in [2.45, 2.75) is 37.5 Å². The molecule has 7 heteroatoms. The maximum absolute atomic E-state index is 12.0. The number of carbonyl (C=O) groups is 1. The number of hydrogen-bond acceptors (Lipinski definition) is 5. The minimum absolute atomic E-state index is 0.129. The van der Waals surface area contributed by atoms with Crippen LogP contribution in [0.4, 0.5) is 5.69 Å². The Morgan fingerprint density at radius 2 is 2.04 bits per heavy atom. The molecule has 1 aromatic carbocycles. The molecule has 2 N–H and O–H groups in total. The van der Waals surface area contributed by atoms with Crippen molar-refractivity contribution in [2.24, 2.45) is 12.8 Å². The third kappa shape index (κ3) is 2.48. The highest BCUT2D eigenvalue weighted by Gasteiger charge is 2.40. The van der Waals surface area contributed by atoms with Crippen LogP contribution in [0.1, 0.15) is 54.3 Å². The van der Waals surface area contributed by atoms with Gasteiger partial charge in [0.05, 0.1) is 17.2 Å². The Kier molecular flexibility index (Phi) is 3.69. The third-order valence-corrected chi connectivity index (χ3v) is 5.80. The number of ether oxygens (including phenoxy) is 1. The van der Waals surface area contributed by atoms with Gasteiger partial charge in [0.25, 0.3) is 0 Å². The Morgan fingerprint density at radius 1 is 1.29 bits per heavy atom. The van der Waals surface area contributed by atoms with E-state index in [0.717, 1.165) is 48.3 Å². The molecule has 1 aromatic heterocycles. The first-order chi connectivity index (χ1) is 13.6. The molecule has 5 rings (SSSR count). The molecule has 2 aliphatic heterocycles. The molecule has 142 valence electrons. The van der Waals surface area contributed by atoms with Gasteiger partial charge >= 0.3 is 0 Å². The highest BCUT2D eigenvalue weighted by atomic mass is 16.5. The zero-order chi connectivity index (χ0) is 19.4. The zero-order valence-corrected chi connectivity index (χ0v) is 15.7. The maximum atomic E-state index is 12.0. The van der Waals surface area contributed by atoms with Gasteiger partial charge in [0.2, 0.25) is 17.7 Å². The number of aryl methyl sites for hydroxylation is 1. The van der Waals surface area contributed by atoms with Gasteiger partial charge in [-0.25, -0.2) is 4.68 Å². The molecule has 3 aliphatic rings. The van der Waals surface area contributed by atoms with Crippen molar-refractivity contribution >= 4 is 11.6 Å². The zero-order valence-electron chi connectivity index (χ0n) is 15.7. The molecule has 28 heavy (non-hydrogen) atoms. The molecule has 3 heterocycles. The topological polar surface area (TPSA) is 97.2 Å². The van der Waals surface area contributed by atoms with E-state index in [1.165, 1.54) is 0 Å². The third-order valence-electron chi connectivity index (χ3n) is 5.80. The van der Waals surface area contributed by atoms with Crippen LogP contribution in [0, 0.1) is 11.3 Å². The minimum Gasteiger partial charge on any atom is -0.422 e. The Hall–Kier alpha value is -3.27. The van der Waals surface area contributed by atoms with Crippen molar-refractivity contribution < 1.29 is 9.53 Å². The van der Waals surface area contributed by atoms with E-state index in [4.69, 9.17) is 10.5 Å². The summed E-state index contributed by atoms with van der Waals surface area (Å²) in [5.41, 5.74) is 10.3. The summed E-state index contributed by atoms with van der Waals surface area (Å²) >= 11 is 0. The molecule has 0 spiro atoms. The monoisotopic (exact) mass is 375 g/mol. The van der Waals surface area contributed by atoms with Gasteiger partial charge < -0.3 is 15.4 Å². The smallest absolute Gasteiger partial charge is 0.227 e. The Morgan fingerprint density at radius 3 is 2.64 bits per heavy atom. The maximum Gasteiger partial charge on any atom is 0.227 e. The molecular formula is C21H21N5O2. The van der Waals surface area contributed by atoms with Crippen LogP contribution in [0.3, 0.4) is 0 Å². The van der Waals surface area contributed by atoms with E-state index in [9.17, 15) is 10.1 Å².